The lowest BCUT2D eigenvalue weighted by atomic mass is 10.2. The Morgan fingerprint density at radius 3 is 2.94 bits per heavy atom. The van der Waals surface area contributed by atoms with Gasteiger partial charge >= 0.3 is 0 Å². The smallest absolute Gasteiger partial charge is 0.0408 e. The summed E-state index contributed by atoms with van der Waals surface area (Å²) in [6.07, 6.45) is 1.29. The zero-order valence-electron chi connectivity index (χ0n) is 9.09. The van der Waals surface area contributed by atoms with Crippen molar-refractivity contribution in [3.05, 3.63) is 28.2 Å². The van der Waals surface area contributed by atoms with Crippen molar-refractivity contribution in [3.8, 4) is 0 Å². The van der Waals surface area contributed by atoms with Crippen LogP contribution in [-0.2, 0) is 5.33 Å². The highest BCUT2D eigenvalue weighted by Crippen LogP contribution is 2.28. The van der Waals surface area contributed by atoms with E-state index in [9.17, 15) is 0 Å². The van der Waals surface area contributed by atoms with Crippen LogP contribution in [0.25, 0.3) is 0 Å². The maximum atomic E-state index is 3.58. The Labute approximate surface area is 118 Å². The van der Waals surface area contributed by atoms with Crippen molar-refractivity contribution < 1.29 is 0 Å². The number of thioether (sulfide) groups is 1. The molecule has 2 rings (SSSR count). The molecule has 4 heteroatoms. The molecule has 0 bridgehead atoms. The van der Waals surface area contributed by atoms with E-state index in [1.165, 1.54) is 42.3 Å². The van der Waals surface area contributed by atoms with Gasteiger partial charge in [-0.25, -0.2) is 0 Å². The molecule has 0 atom stereocenters. The van der Waals surface area contributed by atoms with E-state index in [0.29, 0.717) is 0 Å². The molecular weight excluding hydrogens is 350 g/mol. The Hall–Kier alpha value is 0.330. The number of hydrogen-bond donors (Lipinski definition) is 0. The van der Waals surface area contributed by atoms with Crippen LogP contribution < -0.4 is 4.90 Å². The number of hydrogen-bond acceptors (Lipinski definition) is 2. The lowest BCUT2D eigenvalue weighted by molar-refractivity contribution is 0.812. The molecule has 0 aromatic heterocycles. The summed E-state index contributed by atoms with van der Waals surface area (Å²) in [4.78, 5) is 2.52. The Morgan fingerprint density at radius 2 is 2.12 bits per heavy atom. The summed E-state index contributed by atoms with van der Waals surface area (Å²) >= 11 is 9.18. The van der Waals surface area contributed by atoms with Crippen LogP contribution >= 0.6 is 43.6 Å². The summed E-state index contributed by atoms with van der Waals surface area (Å²) < 4.78 is 1.16. The molecule has 1 aromatic carbocycles. The molecule has 0 unspecified atom stereocenters. The Bertz CT molecular complexity index is 349. The van der Waals surface area contributed by atoms with Crippen molar-refractivity contribution in [1.82, 2.24) is 0 Å². The summed E-state index contributed by atoms with van der Waals surface area (Å²) in [7, 11) is 0. The molecule has 16 heavy (non-hydrogen) atoms. The molecule has 1 aliphatic rings. The molecule has 1 saturated heterocycles. The highest BCUT2D eigenvalue weighted by Gasteiger charge is 2.13. The zero-order valence-corrected chi connectivity index (χ0v) is 13.1. The van der Waals surface area contributed by atoms with Gasteiger partial charge in [-0.05, 0) is 35.9 Å². The average molecular weight is 365 g/mol. The molecule has 1 nitrogen and oxygen atoms in total. The van der Waals surface area contributed by atoms with Crippen LogP contribution in [0.3, 0.4) is 0 Å². The van der Waals surface area contributed by atoms with Crippen LogP contribution in [0.15, 0.2) is 22.7 Å². The topological polar surface area (TPSA) is 3.24 Å². The van der Waals surface area contributed by atoms with E-state index in [-0.39, 0.29) is 0 Å². The van der Waals surface area contributed by atoms with Gasteiger partial charge in [0.25, 0.3) is 0 Å². The summed E-state index contributed by atoms with van der Waals surface area (Å²) in [5.74, 6) is 2.55. The van der Waals surface area contributed by atoms with E-state index in [1.807, 2.05) is 0 Å². The molecule has 0 radical (unpaired) electrons. The second-order valence-corrected chi connectivity index (χ2v) is 6.56. The van der Waals surface area contributed by atoms with Crippen LogP contribution in [-0.4, -0.2) is 24.6 Å². The van der Waals surface area contributed by atoms with E-state index in [4.69, 9.17) is 0 Å². The minimum atomic E-state index is 0.922. The number of alkyl halides is 1. The first-order chi connectivity index (χ1) is 7.81. The summed E-state index contributed by atoms with van der Waals surface area (Å²) in [6, 6.07) is 6.58. The monoisotopic (exact) mass is 363 g/mol. The van der Waals surface area contributed by atoms with E-state index in [2.05, 4.69) is 66.7 Å². The van der Waals surface area contributed by atoms with Crippen LogP contribution in [0.2, 0.25) is 0 Å². The fraction of sp³-hybridized carbons (Fsp3) is 0.500. The SMILES string of the molecule is BrCc1cc(Br)ccc1N1CCCSCC1. The first-order valence-corrected chi connectivity index (χ1v) is 8.55. The minimum absolute atomic E-state index is 0.922. The number of nitrogens with zero attached hydrogens (tertiary/aromatic N) is 1. The summed E-state index contributed by atoms with van der Waals surface area (Å²) in [5.41, 5.74) is 2.77. The predicted molar refractivity (Wildman–Crippen MR) is 80.9 cm³/mol. The van der Waals surface area contributed by atoms with Crippen molar-refractivity contribution >= 4 is 49.3 Å². The maximum Gasteiger partial charge on any atom is 0.0408 e. The van der Waals surface area contributed by atoms with Gasteiger partial charge in [-0.15, -0.1) is 0 Å². The molecule has 1 fully saturated rings. The van der Waals surface area contributed by atoms with Gasteiger partial charge in [-0.2, -0.15) is 11.8 Å². The molecule has 88 valence electrons. The first-order valence-electron chi connectivity index (χ1n) is 5.48. The fourth-order valence-corrected chi connectivity index (χ4v) is 3.70. The Kier molecular flexibility index (Phi) is 5.04. The standard InChI is InChI=1S/C12H15Br2NS/c13-9-10-8-11(14)2-3-12(10)15-4-1-6-16-7-5-15/h2-3,8H,1,4-7,9H2. The van der Waals surface area contributed by atoms with Gasteiger partial charge in [0.15, 0.2) is 0 Å². The normalized spacial score (nSPS) is 17.2. The van der Waals surface area contributed by atoms with Gasteiger partial charge in [0.05, 0.1) is 0 Å². The molecule has 1 heterocycles. The second kappa shape index (κ2) is 6.31. The Morgan fingerprint density at radius 1 is 1.25 bits per heavy atom. The van der Waals surface area contributed by atoms with Gasteiger partial charge in [0.1, 0.15) is 0 Å². The molecule has 0 amide bonds. The van der Waals surface area contributed by atoms with Crippen molar-refractivity contribution in [2.24, 2.45) is 0 Å². The number of anilines is 1. The zero-order chi connectivity index (χ0) is 11.4. The van der Waals surface area contributed by atoms with Gasteiger partial charge in [-0.3, -0.25) is 0 Å². The third kappa shape index (κ3) is 3.17. The van der Waals surface area contributed by atoms with Crippen molar-refractivity contribution in [2.45, 2.75) is 11.8 Å². The highest BCUT2D eigenvalue weighted by atomic mass is 79.9. The van der Waals surface area contributed by atoms with E-state index >= 15 is 0 Å². The summed E-state index contributed by atoms with van der Waals surface area (Å²) in [5, 5.41) is 0.922. The third-order valence-electron chi connectivity index (χ3n) is 2.75. The van der Waals surface area contributed by atoms with Gasteiger partial charge < -0.3 is 4.90 Å². The summed E-state index contributed by atoms with van der Waals surface area (Å²) in [6.45, 7) is 2.36. The van der Waals surface area contributed by atoms with Crippen LogP contribution in [0.1, 0.15) is 12.0 Å². The molecule has 0 spiro atoms. The molecule has 0 N–H and O–H groups in total. The molecular formula is C12H15Br2NS. The third-order valence-corrected chi connectivity index (χ3v) is 4.89. The molecule has 0 saturated carbocycles. The van der Waals surface area contributed by atoms with Gasteiger partial charge in [-0.1, -0.05) is 31.9 Å². The maximum absolute atomic E-state index is 3.58. The molecule has 0 aliphatic carbocycles. The van der Waals surface area contributed by atoms with Crippen molar-refractivity contribution in [2.75, 3.05) is 29.5 Å². The van der Waals surface area contributed by atoms with E-state index in [0.717, 1.165) is 9.80 Å². The van der Waals surface area contributed by atoms with Gasteiger partial charge in [0.2, 0.25) is 0 Å². The Balaban J connectivity index is 2.23. The number of rotatable bonds is 2. The van der Waals surface area contributed by atoms with E-state index in [1.54, 1.807) is 0 Å². The molecule has 1 aliphatic heterocycles. The largest absolute Gasteiger partial charge is 0.370 e. The molecule has 1 aromatic rings. The van der Waals surface area contributed by atoms with Crippen LogP contribution in [0, 0.1) is 0 Å². The van der Waals surface area contributed by atoms with Crippen molar-refractivity contribution in [3.63, 3.8) is 0 Å². The first kappa shape index (κ1) is 12.8. The second-order valence-electron chi connectivity index (χ2n) is 3.86. The lowest BCUT2D eigenvalue weighted by Crippen LogP contribution is -2.26. The van der Waals surface area contributed by atoms with Crippen LogP contribution in [0.5, 0.6) is 0 Å². The van der Waals surface area contributed by atoms with Gasteiger partial charge in [0, 0.05) is 34.3 Å². The lowest BCUT2D eigenvalue weighted by Gasteiger charge is -2.24. The van der Waals surface area contributed by atoms with E-state index < -0.39 is 0 Å². The van der Waals surface area contributed by atoms with Crippen molar-refractivity contribution in [1.29, 1.82) is 0 Å². The fourth-order valence-electron chi connectivity index (χ4n) is 1.96. The highest BCUT2D eigenvalue weighted by molar-refractivity contribution is 9.10. The predicted octanol–water partition coefficient (Wildman–Crippen LogP) is 4.29. The quantitative estimate of drug-likeness (QED) is 0.720. The minimum Gasteiger partial charge on any atom is -0.370 e. The van der Waals surface area contributed by atoms with Crippen LogP contribution in [0.4, 0.5) is 5.69 Å². The number of benzene rings is 1. The average Bonchev–Trinajstić information content (AvgIpc) is 2.57. The number of halogens is 2.